The Hall–Kier alpha value is -2.61. The SMILES string of the molecule is Cc1ccccc1[C@H](C#N)NC(=O)CCc1cnn(C)c1. The molecule has 5 heteroatoms. The molecule has 1 aromatic heterocycles. The van der Waals surface area contributed by atoms with Gasteiger partial charge in [-0.25, -0.2) is 0 Å². The summed E-state index contributed by atoms with van der Waals surface area (Å²) >= 11 is 0. The maximum absolute atomic E-state index is 12.0. The zero-order chi connectivity index (χ0) is 15.2. The number of amides is 1. The van der Waals surface area contributed by atoms with Crippen LogP contribution in [0.4, 0.5) is 0 Å². The van der Waals surface area contributed by atoms with E-state index in [1.165, 1.54) is 0 Å². The van der Waals surface area contributed by atoms with Crippen molar-refractivity contribution in [3.8, 4) is 6.07 Å². The van der Waals surface area contributed by atoms with Crippen LogP contribution in [-0.4, -0.2) is 15.7 Å². The molecule has 0 unspecified atom stereocenters. The van der Waals surface area contributed by atoms with Gasteiger partial charge < -0.3 is 5.32 Å². The van der Waals surface area contributed by atoms with Crippen LogP contribution >= 0.6 is 0 Å². The van der Waals surface area contributed by atoms with Crippen molar-refractivity contribution in [3.63, 3.8) is 0 Å². The number of rotatable bonds is 5. The molecule has 0 spiro atoms. The summed E-state index contributed by atoms with van der Waals surface area (Å²) in [7, 11) is 1.84. The number of nitrogens with zero attached hydrogens (tertiary/aromatic N) is 3. The van der Waals surface area contributed by atoms with E-state index in [-0.39, 0.29) is 5.91 Å². The van der Waals surface area contributed by atoms with Gasteiger partial charge in [0.1, 0.15) is 6.04 Å². The average Bonchev–Trinajstić information content (AvgIpc) is 2.89. The third-order valence-corrected chi connectivity index (χ3v) is 3.33. The summed E-state index contributed by atoms with van der Waals surface area (Å²) in [5.41, 5.74) is 2.85. The summed E-state index contributed by atoms with van der Waals surface area (Å²) in [4.78, 5) is 12.0. The lowest BCUT2D eigenvalue weighted by Crippen LogP contribution is -2.28. The highest BCUT2D eigenvalue weighted by Gasteiger charge is 2.15. The number of nitrogens with one attached hydrogen (secondary N) is 1. The summed E-state index contributed by atoms with van der Waals surface area (Å²) in [5.74, 6) is -0.131. The van der Waals surface area contributed by atoms with Gasteiger partial charge in [0, 0.05) is 19.7 Å². The molecule has 0 saturated heterocycles. The molecule has 0 bridgehead atoms. The van der Waals surface area contributed by atoms with Gasteiger partial charge in [0.05, 0.1) is 12.3 Å². The van der Waals surface area contributed by atoms with Gasteiger partial charge in [-0.05, 0) is 30.0 Å². The number of benzene rings is 1. The predicted octanol–water partition coefficient (Wildman–Crippen LogP) is 2.04. The number of aryl methyl sites for hydroxylation is 3. The summed E-state index contributed by atoms with van der Waals surface area (Å²) < 4.78 is 1.71. The van der Waals surface area contributed by atoms with Crippen molar-refractivity contribution >= 4 is 5.91 Å². The molecule has 1 atom stereocenters. The van der Waals surface area contributed by atoms with Gasteiger partial charge in [-0.1, -0.05) is 24.3 Å². The molecule has 1 heterocycles. The van der Waals surface area contributed by atoms with E-state index in [0.717, 1.165) is 16.7 Å². The molecular weight excluding hydrogens is 264 g/mol. The molecule has 1 N–H and O–H groups in total. The first kappa shape index (κ1) is 14.8. The first-order valence-electron chi connectivity index (χ1n) is 6.82. The average molecular weight is 282 g/mol. The second kappa shape index (κ2) is 6.71. The molecule has 2 aromatic rings. The zero-order valence-electron chi connectivity index (χ0n) is 12.2. The Morgan fingerprint density at radius 1 is 1.48 bits per heavy atom. The first-order valence-corrected chi connectivity index (χ1v) is 6.82. The van der Waals surface area contributed by atoms with Crippen LogP contribution in [0.2, 0.25) is 0 Å². The van der Waals surface area contributed by atoms with Crippen molar-refractivity contribution < 1.29 is 4.79 Å². The monoisotopic (exact) mass is 282 g/mol. The van der Waals surface area contributed by atoms with E-state index < -0.39 is 6.04 Å². The van der Waals surface area contributed by atoms with Crippen LogP contribution in [0.5, 0.6) is 0 Å². The van der Waals surface area contributed by atoms with Crippen molar-refractivity contribution in [1.29, 1.82) is 5.26 Å². The standard InChI is InChI=1S/C16H18N4O/c1-12-5-3-4-6-14(12)15(9-17)19-16(21)8-7-13-10-18-20(2)11-13/h3-6,10-11,15H,7-8H2,1-2H3,(H,19,21)/t15-/m0/s1. The smallest absolute Gasteiger partial charge is 0.221 e. The lowest BCUT2D eigenvalue weighted by atomic mass is 10.0. The Morgan fingerprint density at radius 2 is 2.24 bits per heavy atom. The number of carbonyl (C=O) groups excluding carboxylic acids is 1. The van der Waals surface area contributed by atoms with Gasteiger partial charge in [0.25, 0.3) is 0 Å². The second-order valence-corrected chi connectivity index (χ2v) is 5.01. The van der Waals surface area contributed by atoms with Crippen LogP contribution in [0, 0.1) is 18.3 Å². The zero-order valence-corrected chi connectivity index (χ0v) is 12.2. The second-order valence-electron chi connectivity index (χ2n) is 5.01. The summed E-state index contributed by atoms with van der Waals surface area (Å²) in [6.45, 7) is 1.93. The molecule has 0 fully saturated rings. The topological polar surface area (TPSA) is 70.7 Å². The van der Waals surface area contributed by atoms with E-state index in [1.54, 1.807) is 10.9 Å². The number of nitriles is 1. The minimum Gasteiger partial charge on any atom is -0.337 e. The van der Waals surface area contributed by atoms with Gasteiger partial charge in [0.15, 0.2) is 0 Å². The molecule has 0 radical (unpaired) electrons. The highest BCUT2D eigenvalue weighted by Crippen LogP contribution is 2.16. The van der Waals surface area contributed by atoms with E-state index in [2.05, 4.69) is 16.5 Å². The number of hydrogen-bond acceptors (Lipinski definition) is 3. The largest absolute Gasteiger partial charge is 0.337 e. The normalized spacial score (nSPS) is 11.7. The van der Waals surface area contributed by atoms with Crippen molar-refractivity contribution in [2.75, 3.05) is 0 Å². The van der Waals surface area contributed by atoms with E-state index in [1.807, 2.05) is 44.4 Å². The highest BCUT2D eigenvalue weighted by molar-refractivity contribution is 5.77. The molecule has 1 aromatic carbocycles. The molecule has 0 aliphatic heterocycles. The van der Waals surface area contributed by atoms with Crippen molar-refractivity contribution in [3.05, 3.63) is 53.3 Å². The molecule has 0 aliphatic rings. The number of aromatic nitrogens is 2. The molecule has 2 rings (SSSR count). The molecule has 0 saturated carbocycles. The van der Waals surface area contributed by atoms with Crippen LogP contribution in [0.3, 0.4) is 0 Å². The van der Waals surface area contributed by atoms with Crippen LogP contribution in [0.1, 0.15) is 29.2 Å². The predicted molar refractivity (Wildman–Crippen MR) is 79.2 cm³/mol. The molecule has 0 aliphatic carbocycles. The summed E-state index contributed by atoms with van der Waals surface area (Å²) in [6, 6.07) is 9.12. The van der Waals surface area contributed by atoms with Crippen LogP contribution < -0.4 is 5.32 Å². The van der Waals surface area contributed by atoms with E-state index >= 15 is 0 Å². The Balaban J connectivity index is 1.94. The fraction of sp³-hybridized carbons (Fsp3) is 0.312. The number of hydrogen-bond donors (Lipinski definition) is 1. The van der Waals surface area contributed by atoms with Gasteiger partial charge in [-0.15, -0.1) is 0 Å². The quantitative estimate of drug-likeness (QED) is 0.912. The van der Waals surface area contributed by atoms with Gasteiger partial charge in [-0.2, -0.15) is 10.4 Å². The Labute approximate surface area is 124 Å². The van der Waals surface area contributed by atoms with Gasteiger partial charge in [-0.3, -0.25) is 9.48 Å². The third kappa shape index (κ3) is 3.93. The lowest BCUT2D eigenvalue weighted by molar-refractivity contribution is -0.121. The van der Waals surface area contributed by atoms with Crippen molar-refractivity contribution in [2.45, 2.75) is 25.8 Å². The first-order chi connectivity index (χ1) is 10.1. The third-order valence-electron chi connectivity index (χ3n) is 3.33. The van der Waals surface area contributed by atoms with E-state index in [9.17, 15) is 10.1 Å². The summed E-state index contributed by atoms with van der Waals surface area (Å²) in [6.07, 6.45) is 4.59. The molecule has 21 heavy (non-hydrogen) atoms. The van der Waals surface area contributed by atoms with Crippen molar-refractivity contribution in [2.24, 2.45) is 7.05 Å². The van der Waals surface area contributed by atoms with E-state index in [0.29, 0.717) is 12.8 Å². The van der Waals surface area contributed by atoms with Crippen molar-refractivity contribution in [1.82, 2.24) is 15.1 Å². The Morgan fingerprint density at radius 3 is 2.86 bits per heavy atom. The minimum atomic E-state index is -0.604. The highest BCUT2D eigenvalue weighted by atomic mass is 16.1. The van der Waals surface area contributed by atoms with Crippen LogP contribution in [-0.2, 0) is 18.3 Å². The minimum absolute atomic E-state index is 0.131. The van der Waals surface area contributed by atoms with Gasteiger partial charge in [0.2, 0.25) is 5.91 Å². The fourth-order valence-electron chi connectivity index (χ4n) is 2.18. The maximum Gasteiger partial charge on any atom is 0.221 e. The molecular formula is C16H18N4O. The molecule has 5 nitrogen and oxygen atoms in total. The Bertz CT molecular complexity index is 669. The lowest BCUT2D eigenvalue weighted by Gasteiger charge is -2.14. The van der Waals surface area contributed by atoms with E-state index in [4.69, 9.17) is 0 Å². The van der Waals surface area contributed by atoms with Crippen LogP contribution in [0.15, 0.2) is 36.7 Å². The van der Waals surface area contributed by atoms with Crippen LogP contribution in [0.25, 0.3) is 0 Å². The maximum atomic E-state index is 12.0. The Kier molecular flexibility index (Phi) is 4.72. The molecule has 108 valence electrons. The number of carbonyl (C=O) groups is 1. The molecule has 1 amide bonds. The fourth-order valence-corrected chi connectivity index (χ4v) is 2.18. The van der Waals surface area contributed by atoms with Gasteiger partial charge >= 0.3 is 0 Å². The summed E-state index contributed by atoms with van der Waals surface area (Å²) in [5, 5.41) is 16.1.